The van der Waals surface area contributed by atoms with E-state index in [0.717, 1.165) is 0 Å². The van der Waals surface area contributed by atoms with Crippen LogP contribution in [0.25, 0.3) is 54.2 Å². The molecule has 0 atom stereocenters. The fourth-order valence-corrected chi connectivity index (χ4v) is 8.59. The van der Waals surface area contributed by atoms with Crippen LogP contribution in [0.2, 0.25) is 0 Å². The van der Waals surface area contributed by atoms with Gasteiger partial charge in [-0.1, -0.05) is 139 Å². The van der Waals surface area contributed by atoms with Crippen LogP contribution >= 0.6 is 0 Å². The second kappa shape index (κ2) is 11.3. The van der Waals surface area contributed by atoms with Crippen molar-refractivity contribution in [2.45, 2.75) is 58.8 Å². The molecule has 0 aromatic heterocycles. The molecule has 50 heavy (non-hydrogen) atoms. The Labute approximate surface area is 295 Å². The number of benzene rings is 8. The van der Waals surface area contributed by atoms with Crippen molar-refractivity contribution < 1.29 is 0 Å². The summed E-state index contributed by atoms with van der Waals surface area (Å²) in [6.07, 6.45) is 0. The molecule has 1 heteroatoms. The summed E-state index contributed by atoms with van der Waals surface area (Å²) >= 11 is 0. The maximum Gasteiger partial charge on any atom is 0.0543 e. The average molecular weight is 646 g/mol. The van der Waals surface area contributed by atoms with Crippen LogP contribution in [0, 0.1) is 0 Å². The van der Waals surface area contributed by atoms with Gasteiger partial charge in [-0.25, -0.2) is 0 Å². The average Bonchev–Trinajstić information content (AvgIpc) is 3.36. The zero-order valence-corrected chi connectivity index (χ0v) is 29.9. The van der Waals surface area contributed by atoms with E-state index >= 15 is 0 Å². The molecule has 0 fully saturated rings. The van der Waals surface area contributed by atoms with E-state index in [1.807, 2.05) is 0 Å². The van der Waals surface area contributed by atoms with Gasteiger partial charge in [0.2, 0.25) is 0 Å². The Morgan fingerprint density at radius 2 is 0.840 bits per heavy atom. The van der Waals surface area contributed by atoms with Crippen molar-refractivity contribution >= 4 is 60.2 Å². The molecule has 0 N–H and O–H groups in total. The van der Waals surface area contributed by atoms with E-state index in [1.165, 1.54) is 93.5 Å². The molecule has 0 bridgehead atoms. The Morgan fingerprint density at radius 1 is 0.420 bits per heavy atom. The maximum atomic E-state index is 2.51. The second-order valence-corrected chi connectivity index (χ2v) is 15.4. The number of fused-ring (bicyclic) bond motifs is 11. The van der Waals surface area contributed by atoms with E-state index in [-0.39, 0.29) is 5.41 Å². The molecule has 244 valence electrons. The molecule has 0 spiro atoms. The summed E-state index contributed by atoms with van der Waals surface area (Å²) in [6.45, 7) is 13.9. The molecule has 0 heterocycles. The standard InChI is InChI=1S/C49H43N/c1-30(2)32-19-23-34(24-20-32)50(35-25-21-33(22-26-35)31(3)4)47-29-46-48(41-18-12-11-17-40(41)47)44-27-42-38-15-9-7-13-36(38)37-14-8-10-16-39(37)43(42)28-45(44)49(46,5)6/h7-31H,1-6H3. The van der Waals surface area contributed by atoms with Gasteiger partial charge in [0.15, 0.2) is 0 Å². The Balaban J connectivity index is 1.34. The number of hydrogen-bond acceptors (Lipinski definition) is 1. The first-order valence-corrected chi connectivity index (χ1v) is 18.2. The van der Waals surface area contributed by atoms with Crippen LogP contribution in [0.1, 0.15) is 75.6 Å². The lowest BCUT2D eigenvalue weighted by Crippen LogP contribution is -2.17. The molecule has 9 rings (SSSR count). The molecule has 0 saturated carbocycles. The van der Waals surface area contributed by atoms with E-state index in [4.69, 9.17) is 0 Å². The third-order valence-corrected chi connectivity index (χ3v) is 11.4. The van der Waals surface area contributed by atoms with Gasteiger partial charge >= 0.3 is 0 Å². The quantitative estimate of drug-likeness (QED) is 0.168. The highest BCUT2D eigenvalue weighted by atomic mass is 15.1. The third-order valence-electron chi connectivity index (χ3n) is 11.4. The minimum atomic E-state index is -0.195. The summed E-state index contributed by atoms with van der Waals surface area (Å²) in [5, 5.41) is 10.5. The Hall–Kier alpha value is -5.40. The van der Waals surface area contributed by atoms with Crippen molar-refractivity contribution in [3.8, 4) is 11.1 Å². The first kappa shape index (κ1) is 30.6. The van der Waals surface area contributed by atoms with Crippen LogP contribution in [0.15, 0.2) is 140 Å². The lowest BCUT2D eigenvalue weighted by atomic mass is 9.80. The molecule has 1 aliphatic carbocycles. The second-order valence-electron chi connectivity index (χ2n) is 15.4. The number of hydrogen-bond donors (Lipinski definition) is 0. The largest absolute Gasteiger partial charge is 0.310 e. The van der Waals surface area contributed by atoms with Crippen molar-refractivity contribution in [1.29, 1.82) is 0 Å². The molecule has 1 nitrogen and oxygen atoms in total. The van der Waals surface area contributed by atoms with E-state index in [1.54, 1.807) is 0 Å². The van der Waals surface area contributed by atoms with Crippen molar-refractivity contribution in [2.75, 3.05) is 4.90 Å². The molecule has 8 aromatic carbocycles. The lowest BCUT2D eigenvalue weighted by molar-refractivity contribution is 0.662. The highest BCUT2D eigenvalue weighted by molar-refractivity contribution is 6.26. The van der Waals surface area contributed by atoms with E-state index < -0.39 is 0 Å². The summed E-state index contributed by atoms with van der Waals surface area (Å²) in [6, 6.07) is 52.8. The molecule has 8 aromatic rings. The summed E-state index contributed by atoms with van der Waals surface area (Å²) in [5.41, 5.74) is 11.6. The Kier molecular flexibility index (Phi) is 6.94. The maximum absolute atomic E-state index is 2.51. The highest BCUT2D eigenvalue weighted by Crippen LogP contribution is 2.56. The SMILES string of the molecule is CC(C)c1ccc(N(c2ccc(C(C)C)cc2)c2cc3c(c4ccccc24)-c2cc4c5ccccc5c5ccccc5c4cc2C3(C)C)cc1. The Bertz CT molecular complexity index is 2550. The fourth-order valence-electron chi connectivity index (χ4n) is 8.59. The van der Waals surface area contributed by atoms with Gasteiger partial charge in [0.1, 0.15) is 0 Å². The normalized spacial score (nSPS) is 13.5. The number of rotatable bonds is 5. The van der Waals surface area contributed by atoms with Crippen LogP contribution in [0.3, 0.4) is 0 Å². The minimum Gasteiger partial charge on any atom is -0.310 e. The summed E-state index contributed by atoms with van der Waals surface area (Å²) < 4.78 is 0. The fraction of sp³-hybridized carbons (Fsp3) is 0.184. The molecule has 0 unspecified atom stereocenters. The van der Waals surface area contributed by atoms with Crippen molar-refractivity contribution in [3.05, 3.63) is 162 Å². The summed E-state index contributed by atoms with van der Waals surface area (Å²) in [7, 11) is 0. The van der Waals surface area contributed by atoms with Crippen LogP contribution in [-0.2, 0) is 5.41 Å². The minimum absolute atomic E-state index is 0.195. The van der Waals surface area contributed by atoms with Gasteiger partial charge in [0, 0.05) is 22.2 Å². The van der Waals surface area contributed by atoms with Gasteiger partial charge in [0.05, 0.1) is 5.69 Å². The topological polar surface area (TPSA) is 3.24 Å². The van der Waals surface area contributed by atoms with E-state index in [2.05, 4.69) is 186 Å². The van der Waals surface area contributed by atoms with Crippen molar-refractivity contribution in [3.63, 3.8) is 0 Å². The first-order chi connectivity index (χ1) is 24.2. The molecule has 0 saturated heterocycles. The van der Waals surface area contributed by atoms with Crippen molar-refractivity contribution in [2.24, 2.45) is 0 Å². The van der Waals surface area contributed by atoms with Crippen molar-refractivity contribution in [1.82, 2.24) is 0 Å². The monoisotopic (exact) mass is 645 g/mol. The third kappa shape index (κ3) is 4.53. The molecule has 0 radical (unpaired) electrons. The Morgan fingerprint density at radius 3 is 1.32 bits per heavy atom. The zero-order chi connectivity index (χ0) is 34.3. The van der Waals surface area contributed by atoms with Crippen LogP contribution < -0.4 is 4.90 Å². The van der Waals surface area contributed by atoms with E-state index in [0.29, 0.717) is 11.8 Å². The van der Waals surface area contributed by atoms with Gasteiger partial charge < -0.3 is 4.90 Å². The van der Waals surface area contributed by atoms with Gasteiger partial charge in [-0.2, -0.15) is 0 Å². The van der Waals surface area contributed by atoms with Crippen LogP contribution in [-0.4, -0.2) is 0 Å². The summed E-state index contributed by atoms with van der Waals surface area (Å²) in [4.78, 5) is 2.48. The zero-order valence-electron chi connectivity index (χ0n) is 29.9. The van der Waals surface area contributed by atoms with E-state index in [9.17, 15) is 0 Å². The van der Waals surface area contributed by atoms with Gasteiger partial charge in [-0.05, 0) is 125 Å². The van der Waals surface area contributed by atoms with Crippen LogP contribution in [0.4, 0.5) is 17.1 Å². The van der Waals surface area contributed by atoms with Gasteiger partial charge in [0.25, 0.3) is 0 Å². The van der Waals surface area contributed by atoms with Crippen LogP contribution in [0.5, 0.6) is 0 Å². The smallest absolute Gasteiger partial charge is 0.0543 e. The first-order valence-electron chi connectivity index (χ1n) is 18.2. The van der Waals surface area contributed by atoms with Gasteiger partial charge in [-0.15, -0.1) is 0 Å². The summed E-state index contributed by atoms with van der Waals surface area (Å²) in [5.74, 6) is 0.959. The molecular weight excluding hydrogens is 603 g/mol. The predicted molar refractivity (Wildman–Crippen MR) is 217 cm³/mol. The molecular formula is C49H43N. The molecule has 1 aliphatic rings. The lowest BCUT2D eigenvalue weighted by Gasteiger charge is -2.30. The molecule has 0 aliphatic heterocycles. The molecule has 0 amide bonds. The number of nitrogens with zero attached hydrogens (tertiary/aromatic N) is 1. The number of anilines is 3. The predicted octanol–water partition coefficient (Wildman–Crippen LogP) is 14.3. The van der Waals surface area contributed by atoms with Gasteiger partial charge in [-0.3, -0.25) is 0 Å². The highest BCUT2D eigenvalue weighted by Gasteiger charge is 2.38.